The highest BCUT2D eigenvalue weighted by molar-refractivity contribution is 7.92. The summed E-state index contributed by atoms with van der Waals surface area (Å²) in [5, 5.41) is 2.40. The first-order valence-electron chi connectivity index (χ1n) is 7.39. The second-order valence-electron chi connectivity index (χ2n) is 5.62. The number of aryl methyl sites for hydroxylation is 1. The van der Waals surface area contributed by atoms with Crippen LogP contribution in [0.2, 0.25) is 0 Å². The maximum Gasteiger partial charge on any atom is 0.233 e. The molecular weight excluding hydrogens is 331 g/mol. The molecule has 2 rings (SSSR count). The van der Waals surface area contributed by atoms with Gasteiger partial charge >= 0.3 is 0 Å². The minimum Gasteiger partial charge on any atom is -0.323 e. The number of halogens is 1. The van der Waals surface area contributed by atoms with Gasteiger partial charge in [-0.25, -0.2) is 12.8 Å². The van der Waals surface area contributed by atoms with Gasteiger partial charge in [0.05, 0.1) is 17.4 Å². The predicted octanol–water partition coefficient (Wildman–Crippen LogP) is 3.15. The Kier molecular flexibility index (Phi) is 5.56. The molecule has 2 aromatic carbocycles. The summed E-state index contributed by atoms with van der Waals surface area (Å²) in [6.07, 6.45) is 0. The molecule has 1 atom stereocenters. The first kappa shape index (κ1) is 17.9. The van der Waals surface area contributed by atoms with Crippen molar-refractivity contribution in [2.75, 3.05) is 15.8 Å². The highest BCUT2D eigenvalue weighted by Gasteiger charge is 2.22. The highest BCUT2D eigenvalue weighted by Crippen LogP contribution is 2.16. The lowest BCUT2D eigenvalue weighted by atomic mass is 10.2. The molecule has 0 fully saturated rings. The smallest absolute Gasteiger partial charge is 0.233 e. The molecular formula is C17H19FN2O3S. The molecule has 24 heavy (non-hydrogen) atoms. The van der Waals surface area contributed by atoms with Crippen LogP contribution in [0.5, 0.6) is 0 Å². The molecule has 5 nitrogen and oxygen atoms in total. The van der Waals surface area contributed by atoms with Gasteiger partial charge in [-0.2, -0.15) is 0 Å². The summed E-state index contributed by atoms with van der Waals surface area (Å²) in [7, 11) is -3.70. The molecule has 1 amide bonds. The van der Waals surface area contributed by atoms with Gasteiger partial charge < -0.3 is 5.32 Å². The molecule has 0 radical (unpaired) electrons. The first-order valence-corrected chi connectivity index (χ1v) is 9.04. The molecule has 0 aliphatic heterocycles. The number of amides is 1. The van der Waals surface area contributed by atoms with E-state index < -0.39 is 33.4 Å². The molecule has 0 aromatic heterocycles. The SMILES string of the molecule is Cc1ccc(NS(=O)(=O)CC(C)C(=O)Nc2ccccc2F)cc1. The number of hydrogen-bond donors (Lipinski definition) is 2. The van der Waals surface area contributed by atoms with E-state index in [1.165, 1.54) is 25.1 Å². The van der Waals surface area contributed by atoms with Crippen LogP contribution >= 0.6 is 0 Å². The maximum absolute atomic E-state index is 13.5. The molecule has 0 heterocycles. The van der Waals surface area contributed by atoms with E-state index in [0.717, 1.165) is 5.56 Å². The van der Waals surface area contributed by atoms with Crippen LogP contribution in [-0.2, 0) is 14.8 Å². The van der Waals surface area contributed by atoms with Crippen molar-refractivity contribution in [3.63, 3.8) is 0 Å². The third kappa shape index (κ3) is 5.06. The number of carbonyl (C=O) groups is 1. The van der Waals surface area contributed by atoms with Crippen LogP contribution in [-0.4, -0.2) is 20.1 Å². The number of hydrogen-bond acceptors (Lipinski definition) is 3. The van der Waals surface area contributed by atoms with Crippen LogP contribution in [0, 0.1) is 18.7 Å². The van der Waals surface area contributed by atoms with Crippen LogP contribution < -0.4 is 10.0 Å². The monoisotopic (exact) mass is 350 g/mol. The normalized spacial score (nSPS) is 12.5. The van der Waals surface area contributed by atoms with Gasteiger partial charge in [-0.3, -0.25) is 9.52 Å². The number of anilines is 2. The Bertz CT molecular complexity index is 820. The Morgan fingerprint density at radius 1 is 1.12 bits per heavy atom. The average molecular weight is 350 g/mol. The van der Waals surface area contributed by atoms with Crippen LogP contribution in [0.25, 0.3) is 0 Å². The van der Waals surface area contributed by atoms with E-state index in [-0.39, 0.29) is 5.69 Å². The lowest BCUT2D eigenvalue weighted by Gasteiger charge is -2.14. The minimum atomic E-state index is -3.70. The summed E-state index contributed by atoms with van der Waals surface area (Å²) >= 11 is 0. The molecule has 1 unspecified atom stereocenters. The zero-order chi connectivity index (χ0) is 17.7. The molecule has 0 saturated carbocycles. The van der Waals surface area contributed by atoms with Crippen molar-refractivity contribution in [3.8, 4) is 0 Å². The molecule has 7 heteroatoms. The van der Waals surface area contributed by atoms with Gasteiger partial charge in [0.1, 0.15) is 5.82 Å². The van der Waals surface area contributed by atoms with Crippen LogP contribution in [0.3, 0.4) is 0 Å². The largest absolute Gasteiger partial charge is 0.323 e. The number of nitrogens with one attached hydrogen (secondary N) is 2. The Balaban J connectivity index is 1.99. The summed E-state index contributed by atoms with van der Waals surface area (Å²) in [4.78, 5) is 12.1. The van der Waals surface area contributed by atoms with Crippen molar-refractivity contribution in [2.45, 2.75) is 13.8 Å². The molecule has 0 aliphatic carbocycles. The topological polar surface area (TPSA) is 75.3 Å². The maximum atomic E-state index is 13.5. The number of carbonyl (C=O) groups excluding carboxylic acids is 1. The Morgan fingerprint density at radius 3 is 2.38 bits per heavy atom. The predicted molar refractivity (Wildman–Crippen MR) is 92.8 cm³/mol. The van der Waals surface area contributed by atoms with E-state index in [2.05, 4.69) is 10.0 Å². The lowest BCUT2D eigenvalue weighted by molar-refractivity contribution is -0.118. The van der Waals surface area contributed by atoms with Gasteiger partial charge in [0, 0.05) is 5.69 Å². The zero-order valence-corrected chi connectivity index (χ0v) is 14.2. The molecule has 0 saturated heterocycles. The van der Waals surface area contributed by atoms with E-state index >= 15 is 0 Å². The number of benzene rings is 2. The molecule has 0 aliphatic rings. The lowest BCUT2D eigenvalue weighted by Crippen LogP contribution is -2.30. The summed E-state index contributed by atoms with van der Waals surface area (Å²) in [6, 6.07) is 12.6. The van der Waals surface area contributed by atoms with E-state index in [4.69, 9.17) is 0 Å². The van der Waals surface area contributed by atoms with E-state index in [9.17, 15) is 17.6 Å². The summed E-state index contributed by atoms with van der Waals surface area (Å²) in [5.41, 5.74) is 1.47. The van der Waals surface area contributed by atoms with Crippen molar-refractivity contribution >= 4 is 27.3 Å². The Morgan fingerprint density at radius 2 is 1.75 bits per heavy atom. The number of sulfonamides is 1. The molecule has 0 bridgehead atoms. The summed E-state index contributed by atoms with van der Waals surface area (Å²) in [6.45, 7) is 3.37. The second kappa shape index (κ2) is 7.44. The van der Waals surface area contributed by atoms with Gasteiger partial charge in [-0.1, -0.05) is 36.8 Å². The van der Waals surface area contributed by atoms with E-state index in [1.54, 1.807) is 30.3 Å². The van der Waals surface area contributed by atoms with Crippen LogP contribution in [0.4, 0.5) is 15.8 Å². The number of para-hydroxylation sites is 1. The van der Waals surface area contributed by atoms with E-state index in [0.29, 0.717) is 5.69 Å². The minimum absolute atomic E-state index is 0.0261. The number of rotatable bonds is 6. The van der Waals surface area contributed by atoms with Crippen molar-refractivity contribution < 1.29 is 17.6 Å². The second-order valence-corrected chi connectivity index (χ2v) is 7.39. The van der Waals surface area contributed by atoms with Gasteiger partial charge in [0.15, 0.2) is 0 Å². The van der Waals surface area contributed by atoms with Crippen molar-refractivity contribution in [2.24, 2.45) is 5.92 Å². The first-order chi connectivity index (χ1) is 11.3. The summed E-state index contributed by atoms with van der Waals surface area (Å²) in [5.74, 6) is -2.37. The molecule has 2 aromatic rings. The van der Waals surface area contributed by atoms with Crippen LogP contribution in [0.15, 0.2) is 48.5 Å². The molecule has 128 valence electrons. The van der Waals surface area contributed by atoms with E-state index in [1.807, 2.05) is 6.92 Å². The quantitative estimate of drug-likeness (QED) is 0.840. The highest BCUT2D eigenvalue weighted by atomic mass is 32.2. The molecule has 2 N–H and O–H groups in total. The van der Waals surface area contributed by atoms with Gasteiger partial charge in [0.2, 0.25) is 15.9 Å². The van der Waals surface area contributed by atoms with Gasteiger partial charge in [-0.15, -0.1) is 0 Å². The zero-order valence-electron chi connectivity index (χ0n) is 13.4. The van der Waals surface area contributed by atoms with Crippen molar-refractivity contribution in [1.29, 1.82) is 0 Å². The average Bonchev–Trinajstić information content (AvgIpc) is 2.51. The fourth-order valence-corrected chi connectivity index (χ4v) is 3.45. The Labute approximate surface area is 141 Å². The standard InChI is InChI=1S/C17H19FN2O3S/c1-12-7-9-14(10-8-12)20-24(22,23)11-13(2)17(21)19-16-6-4-3-5-15(16)18/h3-10,13,20H,11H2,1-2H3,(H,19,21). The van der Waals surface area contributed by atoms with Gasteiger partial charge in [0.25, 0.3) is 0 Å². The Hall–Kier alpha value is -2.41. The van der Waals surface area contributed by atoms with Crippen molar-refractivity contribution in [3.05, 3.63) is 59.9 Å². The molecule has 0 spiro atoms. The van der Waals surface area contributed by atoms with Crippen LogP contribution in [0.1, 0.15) is 12.5 Å². The van der Waals surface area contributed by atoms with Gasteiger partial charge in [-0.05, 0) is 31.2 Å². The fraction of sp³-hybridized carbons (Fsp3) is 0.235. The van der Waals surface area contributed by atoms with Crippen molar-refractivity contribution in [1.82, 2.24) is 0 Å². The fourth-order valence-electron chi connectivity index (χ4n) is 2.07. The summed E-state index contributed by atoms with van der Waals surface area (Å²) < 4.78 is 40.3. The third-order valence-electron chi connectivity index (χ3n) is 3.37. The third-order valence-corrected chi connectivity index (χ3v) is 4.86.